The van der Waals surface area contributed by atoms with Crippen LogP contribution >= 0.6 is 0 Å². The molecule has 1 atom stereocenters. The molecule has 1 saturated carbocycles. The molecule has 5 heteroatoms. The number of rotatable bonds is 2. The van der Waals surface area contributed by atoms with Crippen LogP contribution < -0.4 is 10.6 Å². The maximum atomic E-state index is 11.5. The standard InChI is InChI=1S/C16H23N3O2/c1-19(2)16(12-6-4-3-5-7-12)10-8-15(9-11-16)13(20)17-14(21)18-15/h3-7,13,20H,8-11H2,1-2H3,(H2,17,18,21). The summed E-state index contributed by atoms with van der Waals surface area (Å²) in [6.07, 6.45) is 2.55. The second-order valence-electron chi connectivity index (χ2n) is 6.45. The molecule has 0 bridgehead atoms. The maximum Gasteiger partial charge on any atom is 0.317 e. The van der Waals surface area contributed by atoms with Gasteiger partial charge in [0.1, 0.15) is 0 Å². The van der Waals surface area contributed by atoms with Crippen molar-refractivity contribution in [1.82, 2.24) is 15.5 Å². The van der Waals surface area contributed by atoms with Gasteiger partial charge in [-0.3, -0.25) is 4.90 Å². The van der Waals surface area contributed by atoms with E-state index >= 15 is 0 Å². The zero-order valence-corrected chi connectivity index (χ0v) is 12.6. The number of aliphatic hydroxyl groups excluding tert-OH is 1. The van der Waals surface area contributed by atoms with Crippen LogP contribution in [0.2, 0.25) is 0 Å². The average Bonchev–Trinajstić information content (AvgIpc) is 2.75. The number of hydrogen-bond acceptors (Lipinski definition) is 3. The van der Waals surface area contributed by atoms with Crippen LogP contribution in [0.4, 0.5) is 4.79 Å². The maximum absolute atomic E-state index is 11.5. The number of hydrogen-bond donors (Lipinski definition) is 3. The SMILES string of the molecule is CN(C)C1(c2ccccc2)CCC2(CC1)NC(=O)NC2O. The van der Waals surface area contributed by atoms with Crippen molar-refractivity contribution in [1.29, 1.82) is 0 Å². The van der Waals surface area contributed by atoms with E-state index in [4.69, 9.17) is 0 Å². The molecule has 21 heavy (non-hydrogen) atoms. The lowest BCUT2D eigenvalue weighted by Crippen LogP contribution is -2.57. The topological polar surface area (TPSA) is 64.6 Å². The minimum atomic E-state index is -0.791. The molecular weight excluding hydrogens is 266 g/mol. The molecule has 2 aliphatic rings. The van der Waals surface area contributed by atoms with Crippen LogP contribution in [0.3, 0.4) is 0 Å². The Morgan fingerprint density at radius 2 is 1.76 bits per heavy atom. The molecule has 2 fully saturated rings. The van der Waals surface area contributed by atoms with Crippen molar-refractivity contribution in [2.75, 3.05) is 14.1 Å². The van der Waals surface area contributed by atoms with E-state index in [-0.39, 0.29) is 11.6 Å². The Morgan fingerprint density at radius 3 is 2.24 bits per heavy atom. The van der Waals surface area contributed by atoms with Crippen LogP contribution in [-0.4, -0.2) is 41.9 Å². The van der Waals surface area contributed by atoms with Crippen LogP contribution in [-0.2, 0) is 5.54 Å². The molecule has 5 nitrogen and oxygen atoms in total. The van der Waals surface area contributed by atoms with E-state index in [1.54, 1.807) is 0 Å². The van der Waals surface area contributed by atoms with Crippen molar-refractivity contribution < 1.29 is 9.90 Å². The van der Waals surface area contributed by atoms with Gasteiger partial charge in [-0.2, -0.15) is 0 Å². The van der Waals surface area contributed by atoms with E-state index in [2.05, 4.69) is 53.9 Å². The largest absolute Gasteiger partial charge is 0.371 e. The van der Waals surface area contributed by atoms with Gasteiger partial charge in [-0.1, -0.05) is 30.3 Å². The third kappa shape index (κ3) is 2.21. The molecule has 1 heterocycles. The first-order valence-corrected chi connectivity index (χ1v) is 7.48. The van der Waals surface area contributed by atoms with E-state index in [1.807, 2.05) is 6.07 Å². The summed E-state index contributed by atoms with van der Waals surface area (Å²) in [6, 6.07) is 10.2. The lowest BCUT2D eigenvalue weighted by molar-refractivity contribution is 0.00326. The second kappa shape index (κ2) is 5.00. The van der Waals surface area contributed by atoms with Crippen molar-refractivity contribution >= 4 is 6.03 Å². The van der Waals surface area contributed by atoms with Crippen LogP contribution in [0.5, 0.6) is 0 Å². The van der Waals surface area contributed by atoms with Gasteiger partial charge in [-0.15, -0.1) is 0 Å². The summed E-state index contributed by atoms with van der Waals surface area (Å²) in [5, 5.41) is 15.6. The normalized spacial score (nSPS) is 35.8. The summed E-state index contributed by atoms with van der Waals surface area (Å²) in [6.45, 7) is 0. The van der Waals surface area contributed by atoms with Crippen molar-refractivity contribution in [2.45, 2.75) is 43.0 Å². The molecule has 114 valence electrons. The number of amides is 2. The van der Waals surface area contributed by atoms with Crippen LogP contribution in [0.15, 0.2) is 30.3 Å². The summed E-state index contributed by atoms with van der Waals surface area (Å²) in [4.78, 5) is 13.8. The number of carbonyl (C=O) groups excluding carboxylic acids is 1. The summed E-state index contributed by atoms with van der Waals surface area (Å²) >= 11 is 0. The summed E-state index contributed by atoms with van der Waals surface area (Å²) in [5.74, 6) is 0. The molecule has 1 saturated heterocycles. The summed E-state index contributed by atoms with van der Waals surface area (Å²) < 4.78 is 0. The highest BCUT2D eigenvalue weighted by Gasteiger charge is 2.52. The van der Waals surface area contributed by atoms with Gasteiger partial charge in [0.2, 0.25) is 0 Å². The van der Waals surface area contributed by atoms with Gasteiger partial charge in [0, 0.05) is 5.54 Å². The quantitative estimate of drug-likeness (QED) is 0.771. The molecule has 1 aromatic carbocycles. The van der Waals surface area contributed by atoms with Crippen molar-refractivity contribution in [2.24, 2.45) is 0 Å². The third-order valence-electron chi connectivity index (χ3n) is 5.29. The molecule has 1 aliphatic heterocycles. The van der Waals surface area contributed by atoms with Gasteiger partial charge in [-0.05, 0) is 45.3 Å². The number of carbonyl (C=O) groups is 1. The predicted molar refractivity (Wildman–Crippen MR) is 80.7 cm³/mol. The lowest BCUT2D eigenvalue weighted by Gasteiger charge is -2.49. The Morgan fingerprint density at radius 1 is 1.14 bits per heavy atom. The predicted octanol–water partition coefficient (Wildman–Crippen LogP) is 1.39. The van der Waals surface area contributed by atoms with Crippen molar-refractivity contribution in [3.8, 4) is 0 Å². The molecule has 1 unspecified atom stereocenters. The molecule has 3 N–H and O–H groups in total. The second-order valence-corrected chi connectivity index (χ2v) is 6.45. The molecule has 1 aliphatic carbocycles. The van der Waals surface area contributed by atoms with Crippen LogP contribution in [0, 0.1) is 0 Å². The first-order chi connectivity index (χ1) is 9.98. The molecule has 0 aromatic heterocycles. The Labute approximate surface area is 125 Å². The van der Waals surface area contributed by atoms with E-state index in [0.717, 1.165) is 25.7 Å². The zero-order chi connectivity index (χ0) is 15.1. The molecule has 2 amide bonds. The molecule has 0 radical (unpaired) electrons. The first kappa shape index (κ1) is 14.4. The van der Waals surface area contributed by atoms with E-state index in [1.165, 1.54) is 5.56 Å². The number of urea groups is 1. The fourth-order valence-corrected chi connectivity index (χ4v) is 3.84. The number of aliphatic hydroxyl groups is 1. The third-order valence-corrected chi connectivity index (χ3v) is 5.29. The van der Waals surface area contributed by atoms with E-state index < -0.39 is 11.8 Å². The van der Waals surface area contributed by atoms with Crippen LogP contribution in [0.1, 0.15) is 31.2 Å². The Hall–Kier alpha value is -1.59. The van der Waals surface area contributed by atoms with Crippen LogP contribution in [0.25, 0.3) is 0 Å². The Bertz CT molecular complexity index is 522. The van der Waals surface area contributed by atoms with Crippen molar-refractivity contribution in [3.05, 3.63) is 35.9 Å². The van der Waals surface area contributed by atoms with Gasteiger partial charge >= 0.3 is 6.03 Å². The smallest absolute Gasteiger partial charge is 0.317 e. The molecule has 1 aromatic rings. The summed E-state index contributed by atoms with van der Waals surface area (Å²) in [5.41, 5.74) is 0.766. The minimum absolute atomic E-state index is 0.0282. The monoisotopic (exact) mass is 289 g/mol. The Kier molecular flexibility index (Phi) is 3.42. The Balaban J connectivity index is 1.86. The highest BCUT2D eigenvalue weighted by molar-refractivity contribution is 5.78. The number of benzene rings is 1. The number of nitrogens with one attached hydrogen (secondary N) is 2. The molecule has 3 rings (SSSR count). The van der Waals surface area contributed by atoms with Gasteiger partial charge in [0.25, 0.3) is 0 Å². The number of nitrogens with zero attached hydrogens (tertiary/aromatic N) is 1. The van der Waals surface area contributed by atoms with Crippen molar-refractivity contribution in [3.63, 3.8) is 0 Å². The minimum Gasteiger partial charge on any atom is -0.371 e. The zero-order valence-electron chi connectivity index (χ0n) is 12.6. The summed E-state index contributed by atoms with van der Waals surface area (Å²) in [7, 11) is 4.21. The highest BCUT2D eigenvalue weighted by Crippen LogP contribution is 2.46. The fourth-order valence-electron chi connectivity index (χ4n) is 3.84. The lowest BCUT2D eigenvalue weighted by atomic mass is 9.68. The molecular formula is C16H23N3O2. The van der Waals surface area contributed by atoms with E-state index in [9.17, 15) is 9.90 Å². The van der Waals surface area contributed by atoms with E-state index in [0.29, 0.717) is 0 Å². The average molecular weight is 289 g/mol. The fraction of sp³-hybridized carbons (Fsp3) is 0.562. The van der Waals surface area contributed by atoms with Gasteiger partial charge < -0.3 is 15.7 Å². The van der Waals surface area contributed by atoms with Gasteiger partial charge in [-0.25, -0.2) is 4.79 Å². The molecule has 1 spiro atoms. The van der Waals surface area contributed by atoms with Gasteiger partial charge in [0.05, 0.1) is 5.54 Å². The van der Waals surface area contributed by atoms with Gasteiger partial charge in [0.15, 0.2) is 6.23 Å². The first-order valence-electron chi connectivity index (χ1n) is 7.48. The highest BCUT2D eigenvalue weighted by atomic mass is 16.3.